The van der Waals surface area contributed by atoms with Crippen LogP contribution >= 0.6 is 0 Å². The largest absolute Gasteiger partial charge is 0.352 e. The number of hydrogen-bond donors (Lipinski definition) is 0. The number of unbranched alkanes of at least 4 members (excludes halogenated alkanes) is 1. The van der Waals surface area contributed by atoms with Crippen molar-refractivity contribution in [3.63, 3.8) is 0 Å². The number of benzene rings is 2. The highest BCUT2D eigenvalue weighted by Gasteiger charge is 2.34. The summed E-state index contributed by atoms with van der Waals surface area (Å²) in [6, 6.07) is 22.7. The van der Waals surface area contributed by atoms with E-state index in [0.29, 0.717) is 32.7 Å². The number of anilines is 1. The number of nitrogens with zero attached hydrogens (tertiary/aromatic N) is 5. The Balaban J connectivity index is 1.15. The Morgan fingerprint density at radius 1 is 0.838 bits per heavy atom. The van der Waals surface area contributed by atoms with Gasteiger partial charge in [-0.3, -0.25) is 9.59 Å². The molecule has 2 aromatic carbocycles. The molecular weight excluding hydrogens is 462 g/mol. The molecule has 1 saturated carbocycles. The molecule has 3 aromatic rings. The quantitative estimate of drug-likeness (QED) is 0.435. The molecule has 5 rings (SSSR count). The lowest BCUT2D eigenvalue weighted by molar-refractivity contribution is -0.141. The lowest BCUT2D eigenvalue weighted by atomic mass is 10.0. The SMILES string of the molecule is CCCCN(CC(=O)N1CCN(c2ccc(-c3ccc(-c4ccccc4)cc3)nn2)CC1)C(=O)C1CC1. The van der Waals surface area contributed by atoms with Crippen LogP contribution in [-0.4, -0.2) is 71.1 Å². The molecule has 37 heavy (non-hydrogen) atoms. The van der Waals surface area contributed by atoms with Gasteiger partial charge in [0.1, 0.15) is 0 Å². The summed E-state index contributed by atoms with van der Waals surface area (Å²) in [7, 11) is 0. The molecule has 7 heteroatoms. The Hall–Kier alpha value is -3.74. The molecule has 2 amide bonds. The molecule has 7 nitrogen and oxygen atoms in total. The van der Waals surface area contributed by atoms with Gasteiger partial charge in [0.05, 0.1) is 12.2 Å². The summed E-state index contributed by atoms with van der Waals surface area (Å²) >= 11 is 0. The molecule has 1 aliphatic carbocycles. The summed E-state index contributed by atoms with van der Waals surface area (Å²) in [5.74, 6) is 1.17. The van der Waals surface area contributed by atoms with Crippen LogP contribution in [0.25, 0.3) is 22.4 Å². The summed E-state index contributed by atoms with van der Waals surface area (Å²) in [6.07, 6.45) is 3.88. The molecule has 1 aromatic heterocycles. The van der Waals surface area contributed by atoms with Crippen LogP contribution in [-0.2, 0) is 9.59 Å². The number of carbonyl (C=O) groups is 2. The zero-order valence-electron chi connectivity index (χ0n) is 21.6. The predicted molar refractivity (Wildman–Crippen MR) is 146 cm³/mol. The zero-order valence-corrected chi connectivity index (χ0v) is 21.6. The van der Waals surface area contributed by atoms with E-state index >= 15 is 0 Å². The van der Waals surface area contributed by atoms with Gasteiger partial charge >= 0.3 is 0 Å². The van der Waals surface area contributed by atoms with Crippen molar-refractivity contribution in [3.8, 4) is 22.4 Å². The van der Waals surface area contributed by atoms with Crippen LogP contribution in [0.5, 0.6) is 0 Å². The van der Waals surface area contributed by atoms with Crippen molar-refractivity contribution in [1.82, 2.24) is 20.0 Å². The molecule has 0 bridgehead atoms. The number of piperazine rings is 1. The summed E-state index contributed by atoms with van der Waals surface area (Å²) in [5.41, 5.74) is 4.23. The molecule has 1 saturated heterocycles. The number of rotatable bonds is 9. The van der Waals surface area contributed by atoms with Crippen LogP contribution in [0.1, 0.15) is 32.6 Å². The Morgan fingerprint density at radius 3 is 2.14 bits per heavy atom. The zero-order chi connectivity index (χ0) is 25.6. The van der Waals surface area contributed by atoms with E-state index in [1.165, 1.54) is 11.1 Å². The number of carbonyl (C=O) groups excluding carboxylic acids is 2. The number of hydrogen-bond acceptors (Lipinski definition) is 5. The second kappa shape index (κ2) is 11.5. The maximum Gasteiger partial charge on any atom is 0.242 e. The van der Waals surface area contributed by atoms with Crippen molar-refractivity contribution in [3.05, 3.63) is 66.7 Å². The van der Waals surface area contributed by atoms with Gasteiger partial charge in [0, 0.05) is 44.2 Å². The summed E-state index contributed by atoms with van der Waals surface area (Å²) in [5, 5.41) is 8.95. The summed E-state index contributed by atoms with van der Waals surface area (Å²) in [4.78, 5) is 31.4. The molecule has 1 aliphatic heterocycles. The molecular formula is C30H35N5O2. The molecule has 0 N–H and O–H groups in total. The normalized spacial score (nSPS) is 15.5. The van der Waals surface area contributed by atoms with Crippen molar-refractivity contribution >= 4 is 17.6 Å². The fourth-order valence-corrected chi connectivity index (χ4v) is 4.76. The van der Waals surface area contributed by atoms with Crippen molar-refractivity contribution in [2.24, 2.45) is 5.92 Å². The van der Waals surface area contributed by atoms with Crippen LogP contribution in [0, 0.1) is 5.92 Å². The number of amides is 2. The van der Waals surface area contributed by atoms with Crippen LogP contribution < -0.4 is 4.90 Å². The first kappa shape index (κ1) is 24.9. The van der Waals surface area contributed by atoms with Crippen LogP contribution in [0.4, 0.5) is 5.82 Å². The monoisotopic (exact) mass is 497 g/mol. The Bertz CT molecular complexity index is 1180. The van der Waals surface area contributed by atoms with Gasteiger partial charge in [-0.15, -0.1) is 10.2 Å². The lowest BCUT2D eigenvalue weighted by Crippen LogP contribution is -2.52. The van der Waals surface area contributed by atoms with E-state index in [1.54, 1.807) is 4.90 Å². The van der Waals surface area contributed by atoms with E-state index in [-0.39, 0.29) is 24.3 Å². The second-order valence-corrected chi connectivity index (χ2v) is 9.98. The van der Waals surface area contributed by atoms with Gasteiger partial charge in [-0.05, 0) is 42.5 Å². The van der Waals surface area contributed by atoms with Crippen molar-refractivity contribution < 1.29 is 9.59 Å². The predicted octanol–water partition coefficient (Wildman–Crippen LogP) is 4.50. The third kappa shape index (κ3) is 6.16. The molecule has 0 atom stereocenters. The van der Waals surface area contributed by atoms with Gasteiger partial charge < -0.3 is 14.7 Å². The fraction of sp³-hybridized carbons (Fsp3) is 0.400. The highest BCUT2D eigenvalue weighted by molar-refractivity contribution is 5.87. The van der Waals surface area contributed by atoms with Gasteiger partial charge in [0.25, 0.3) is 0 Å². The van der Waals surface area contributed by atoms with Gasteiger partial charge in [-0.2, -0.15) is 0 Å². The maximum absolute atomic E-state index is 13.0. The first-order chi connectivity index (χ1) is 18.1. The second-order valence-electron chi connectivity index (χ2n) is 9.98. The smallest absolute Gasteiger partial charge is 0.242 e. The van der Waals surface area contributed by atoms with E-state index in [1.807, 2.05) is 35.2 Å². The molecule has 2 heterocycles. The van der Waals surface area contributed by atoms with Crippen molar-refractivity contribution in [1.29, 1.82) is 0 Å². The van der Waals surface area contributed by atoms with Gasteiger partial charge in [-0.25, -0.2) is 0 Å². The molecule has 0 unspecified atom stereocenters. The Morgan fingerprint density at radius 2 is 1.51 bits per heavy atom. The first-order valence-electron chi connectivity index (χ1n) is 13.4. The van der Waals surface area contributed by atoms with Crippen molar-refractivity contribution in [2.75, 3.05) is 44.2 Å². The highest BCUT2D eigenvalue weighted by atomic mass is 16.2. The van der Waals surface area contributed by atoms with Crippen LogP contribution in [0.15, 0.2) is 66.7 Å². The van der Waals surface area contributed by atoms with Gasteiger partial charge in [0.15, 0.2) is 5.82 Å². The third-order valence-electron chi connectivity index (χ3n) is 7.24. The van der Waals surface area contributed by atoms with E-state index < -0.39 is 0 Å². The minimum atomic E-state index is 0.0464. The average molecular weight is 498 g/mol. The maximum atomic E-state index is 13.0. The molecule has 2 aliphatic rings. The summed E-state index contributed by atoms with van der Waals surface area (Å²) in [6.45, 7) is 5.65. The minimum Gasteiger partial charge on any atom is -0.352 e. The topological polar surface area (TPSA) is 69.6 Å². The van der Waals surface area contributed by atoms with Crippen molar-refractivity contribution in [2.45, 2.75) is 32.6 Å². The molecule has 0 spiro atoms. The molecule has 0 radical (unpaired) electrons. The lowest BCUT2D eigenvalue weighted by Gasteiger charge is -2.36. The minimum absolute atomic E-state index is 0.0464. The standard InChI is InChI=1S/C30H35N5O2/c1-2-3-17-35(30(37)26-13-14-26)22-29(36)34-20-18-33(19-21-34)28-16-15-27(31-32-28)25-11-9-24(10-12-25)23-7-5-4-6-8-23/h4-12,15-16,26H,2-3,13-14,17-22H2,1H3. The van der Waals surface area contributed by atoms with E-state index in [2.05, 4.69) is 58.4 Å². The Kier molecular flexibility index (Phi) is 7.78. The van der Waals surface area contributed by atoms with E-state index in [0.717, 1.165) is 42.8 Å². The van der Waals surface area contributed by atoms with Crippen LogP contribution in [0.3, 0.4) is 0 Å². The van der Waals surface area contributed by atoms with E-state index in [9.17, 15) is 9.59 Å². The van der Waals surface area contributed by atoms with Gasteiger partial charge in [0.2, 0.25) is 11.8 Å². The highest BCUT2D eigenvalue weighted by Crippen LogP contribution is 2.31. The third-order valence-corrected chi connectivity index (χ3v) is 7.24. The molecule has 192 valence electrons. The number of aromatic nitrogens is 2. The molecule has 2 fully saturated rings. The first-order valence-corrected chi connectivity index (χ1v) is 13.4. The van der Waals surface area contributed by atoms with E-state index in [4.69, 9.17) is 0 Å². The fourth-order valence-electron chi connectivity index (χ4n) is 4.76. The summed E-state index contributed by atoms with van der Waals surface area (Å²) < 4.78 is 0. The van der Waals surface area contributed by atoms with Crippen LogP contribution in [0.2, 0.25) is 0 Å². The Labute approximate surface area is 219 Å². The average Bonchev–Trinajstić information content (AvgIpc) is 3.81. The van der Waals surface area contributed by atoms with Gasteiger partial charge in [-0.1, -0.05) is 67.9 Å².